The van der Waals surface area contributed by atoms with E-state index in [-0.39, 0.29) is 67.3 Å². The third-order valence-electron chi connectivity index (χ3n) is 30.9. The van der Waals surface area contributed by atoms with Crippen molar-refractivity contribution in [1.29, 1.82) is 0 Å². The van der Waals surface area contributed by atoms with Crippen molar-refractivity contribution in [1.82, 2.24) is 0 Å². The van der Waals surface area contributed by atoms with Crippen LogP contribution in [0.3, 0.4) is 0 Å². The lowest BCUT2D eigenvalue weighted by atomic mass is 9.33. The van der Waals surface area contributed by atoms with Crippen molar-refractivity contribution in [3.63, 3.8) is 0 Å². The number of carbonyl (C=O) groups is 12. The first-order valence-corrected chi connectivity index (χ1v) is 49.0. The Morgan fingerprint density at radius 3 is 0.993 bits per heavy atom. The summed E-state index contributed by atoms with van der Waals surface area (Å²) in [4.78, 5) is 177. The second-order valence-corrected chi connectivity index (χ2v) is 40.4. The Morgan fingerprint density at radius 2 is 0.618 bits per heavy atom. The minimum atomic E-state index is -2.12. The van der Waals surface area contributed by atoms with Crippen LogP contribution in [-0.4, -0.2) is 190 Å². The molecule has 17 rings (SSSR count). The van der Waals surface area contributed by atoms with Gasteiger partial charge < -0.3 is 80.5 Å². The Bertz CT molecular complexity index is 6130. The summed E-state index contributed by atoms with van der Waals surface area (Å²) in [5.74, 6) is -11.4. The van der Waals surface area contributed by atoms with Crippen molar-refractivity contribution in [3.05, 3.63) is 335 Å². The van der Waals surface area contributed by atoms with Gasteiger partial charge in [0.05, 0.1) is 61.6 Å². The van der Waals surface area contributed by atoms with Gasteiger partial charge in [-0.1, -0.05) is 224 Å². The first-order chi connectivity index (χ1) is 69.2. The predicted octanol–water partition coefficient (Wildman–Crippen LogP) is 18.1. The third-order valence-corrected chi connectivity index (χ3v) is 30.9. The molecule has 4 saturated carbocycles. The van der Waals surface area contributed by atoms with Crippen LogP contribution in [0.25, 0.3) is 0 Å². The van der Waals surface area contributed by atoms with Gasteiger partial charge in [-0.3, -0.25) is 14.4 Å². The van der Waals surface area contributed by atoms with Gasteiger partial charge >= 0.3 is 71.6 Å². The summed E-state index contributed by atoms with van der Waals surface area (Å²) in [5, 5.41) is 0. The zero-order valence-electron chi connectivity index (χ0n) is 81.6. The minimum Gasteiger partial charge on any atom is -0.463 e. The number of hydrogen-bond acceptors (Lipinski definition) is 29. The molecule has 0 radical (unpaired) electrons. The average Bonchev–Trinajstić information content (AvgIpc) is 0.672. The zero-order valence-corrected chi connectivity index (χ0v) is 81.6. The summed E-state index contributed by atoms with van der Waals surface area (Å²) in [7, 11) is 0. The lowest BCUT2D eigenvalue weighted by Crippen LogP contribution is -2.68. The van der Waals surface area contributed by atoms with Crippen LogP contribution in [0, 0.1) is 50.2 Å². The molecule has 29 heteroatoms. The highest BCUT2D eigenvalue weighted by atomic mass is 16.8. The zero-order chi connectivity index (χ0) is 101. The van der Waals surface area contributed by atoms with Crippen LogP contribution in [0.4, 0.5) is 0 Å². The molecule has 0 bridgehead atoms. The highest BCUT2D eigenvalue weighted by Crippen LogP contribution is 2.76. The maximum Gasteiger partial charge on any atom is 0.338 e. The molecule has 8 aliphatic rings. The van der Waals surface area contributed by atoms with Crippen LogP contribution in [0.5, 0.6) is 0 Å². The maximum atomic E-state index is 16.8. The van der Waals surface area contributed by atoms with Gasteiger partial charge in [0.25, 0.3) is 0 Å². The van der Waals surface area contributed by atoms with E-state index < -0.39 is 223 Å². The van der Waals surface area contributed by atoms with Crippen LogP contribution in [-0.2, 0) is 94.9 Å². The van der Waals surface area contributed by atoms with Gasteiger partial charge in [0.2, 0.25) is 12.4 Å². The van der Waals surface area contributed by atoms with Gasteiger partial charge in [0.1, 0.15) is 38.1 Å². The van der Waals surface area contributed by atoms with Crippen molar-refractivity contribution in [2.24, 2.45) is 50.2 Å². The maximum absolute atomic E-state index is 16.8. The van der Waals surface area contributed by atoms with Gasteiger partial charge in [-0.05, 0) is 218 Å². The Labute approximate surface area is 834 Å². The Kier molecular flexibility index (Phi) is 30.6. The third kappa shape index (κ3) is 21.5. The number of benzene rings is 9. The van der Waals surface area contributed by atoms with E-state index in [2.05, 4.69) is 54.5 Å². The van der Waals surface area contributed by atoms with Crippen LogP contribution < -0.4 is 0 Å². The van der Waals surface area contributed by atoms with Crippen molar-refractivity contribution in [3.8, 4) is 0 Å². The fourth-order valence-electron chi connectivity index (χ4n) is 23.3. The Balaban J connectivity index is 0.723. The number of hydrogen-bond donors (Lipinski definition) is 0. The topological polar surface area (TPSA) is 362 Å². The van der Waals surface area contributed by atoms with E-state index >= 15 is 19.2 Å². The molecular formula is C115H118O29. The molecule has 7 fully saturated rings. The lowest BCUT2D eigenvalue weighted by molar-refractivity contribution is -0.376. The molecule has 0 N–H and O–H groups in total. The van der Waals surface area contributed by atoms with Crippen molar-refractivity contribution < 1.29 is 138 Å². The number of carbonyl (C=O) groups excluding carboxylic acids is 12. The minimum absolute atomic E-state index is 0.00572. The van der Waals surface area contributed by atoms with Gasteiger partial charge in [0.15, 0.2) is 61.4 Å². The van der Waals surface area contributed by atoms with Crippen molar-refractivity contribution in [2.45, 2.75) is 225 Å². The molecule has 5 aliphatic carbocycles. The monoisotopic (exact) mass is 1960 g/mol. The summed E-state index contributed by atoms with van der Waals surface area (Å²) in [6.07, 6.45) is -20.8. The number of fused-ring (bicyclic) bond motifs is 7. The van der Waals surface area contributed by atoms with E-state index in [4.69, 9.17) is 80.5 Å². The molecule has 23 atom stereocenters. The van der Waals surface area contributed by atoms with E-state index in [1.807, 2.05) is 0 Å². The molecule has 3 heterocycles. The molecule has 144 heavy (non-hydrogen) atoms. The normalized spacial score (nSPS) is 30.0. The number of allylic oxidation sites excluding steroid dienone is 2. The molecular weight excluding hydrogens is 1850 g/mol. The highest BCUT2D eigenvalue weighted by Gasteiger charge is 2.71. The summed E-state index contributed by atoms with van der Waals surface area (Å²) in [6, 6.07) is 71.4. The van der Waals surface area contributed by atoms with Crippen LogP contribution in [0.1, 0.15) is 220 Å². The number of rotatable bonds is 29. The summed E-state index contributed by atoms with van der Waals surface area (Å²) in [6.45, 7) is 16.0. The smallest absolute Gasteiger partial charge is 0.338 e. The van der Waals surface area contributed by atoms with Crippen LogP contribution in [0.15, 0.2) is 285 Å². The standard InChI is InChI=1S/C115H118O29/c1-69(116)128-66-82-88(131-70(2)117)91(138-101(122)75-45-27-14-28-46-75)96(143-107-94(141-104(125)78-51-33-17-34-52-78)92(139-102(123)76-47-29-15-30-48-76)89(136-99(120)73-41-23-12-24-42-73)83(133-107)67-129-97(118)71-37-19-10-20-38-71)106(132-82)135-87-58-59-112(7)85(111(87,5)6)57-60-114(9)86(112)56-55-80-81-65-110(3,4)61-63-115(81,64-62-113(80,114)8)109(127)144-108-95(142-105(126)79-53-35-18-36-54-79)93(140-103(124)77-49-31-16-32-50-77)90(137-100(121)74-43-25-13-26-44-74)84(134-108)68-130-98(119)72-39-21-11-22-40-72/h10-55,81-96,106-108H,56-68H2,1-9H3/t81-,82+,83+,84+,85-,86+,87-,88+,89+,90+,91-,92-,93-,94+,95+,96+,106-,107-,108-,112-,113+,114+,115-/m0/s1. The lowest BCUT2D eigenvalue weighted by Gasteiger charge is -2.71. The molecule has 29 nitrogen and oxygen atoms in total. The highest BCUT2D eigenvalue weighted by molar-refractivity contribution is 5.94. The molecule has 3 aliphatic heterocycles. The van der Waals surface area contributed by atoms with E-state index in [0.717, 1.165) is 12.5 Å². The fraction of sp³-hybridized carbons (Fsp3) is 0.409. The van der Waals surface area contributed by atoms with E-state index in [0.29, 0.717) is 64.2 Å². The summed E-state index contributed by atoms with van der Waals surface area (Å²) >= 11 is 0. The molecule has 9 aromatic carbocycles. The van der Waals surface area contributed by atoms with Gasteiger partial charge in [-0.2, -0.15) is 0 Å². The summed E-state index contributed by atoms with van der Waals surface area (Å²) < 4.78 is 113. The first-order valence-electron chi connectivity index (χ1n) is 49.0. The van der Waals surface area contributed by atoms with Crippen LogP contribution >= 0.6 is 0 Å². The summed E-state index contributed by atoms with van der Waals surface area (Å²) in [5.41, 5.74) is -2.33. The van der Waals surface area contributed by atoms with E-state index in [9.17, 15) is 38.4 Å². The molecule has 0 amide bonds. The molecule has 0 spiro atoms. The molecule has 9 aromatic rings. The first kappa shape index (κ1) is 102. The van der Waals surface area contributed by atoms with Gasteiger partial charge in [-0.25, -0.2) is 43.2 Å². The fourth-order valence-corrected chi connectivity index (χ4v) is 23.3. The number of esters is 12. The Hall–Kier alpha value is -13.8. The SMILES string of the molecule is CC(=O)OC[C@H]1O[C@@H](O[C@H]2CC[C@]3(C)[C@H]4CC=C5[C@@H]6CC(C)(C)CC[C@]6(C(=O)O[C@@H]6O[C@H](COC(=O)c7ccccc7)[C@@H](OC(=O)c7ccccc7)[C@H](OC(=O)c7ccccc7)[C@H]6OC(=O)c6ccccc6)CC[C@@]5(C)[C@]4(C)CC[C@H]3C2(C)C)[C@H](O[C@@H]2O[C@H](COC(=O)c3ccccc3)[C@@H](OC(=O)c3ccccc3)[C@H](OC(=O)c3ccccc3)[C@H]2OC(=O)c2ccccc2)[C@@H](OC(=O)c2ccccc2)[C@@H]1OC(C)=O. The molecule has 3 saturated heterocycles. The van der Waals surface area contributed by atoms with E-state index in [1.54, 1.807) is 176 Å². The van der Waals surface area contributed by atoms with Gasteiger partial charge in [-0.15, -0.1) is 0 Å². The van der Waals surface area contributed by atoms with Crippen molar-refractivity contribution >= 4 is 71.6 Å². The molecule has 0 aromatic heterocycles. The molecule has 752 valence electrons. The Morgan fingerprint density at radius 1 is 0.299 bits per heavy atom. The second kappa shape index (κ2) is 43.4. The predicted molar refractivity (Wildman–Crippen MR) is 516 cm³/mol. The van der Waals surface area contributed by atoms with Crippen LogP contribution in [0.2, 0.25) is 0 Å². The molecule has 0 unspecified atom stereocenters. The number of ether oxygens (including phenoxy) is 17. The second-order valence-electron chi connectivity index (χ2n) is 40.4. The van der Waals surface area contributed by atoms with E-state index in [1.165, 1.54) is 104 Å². The van der Waals surface area contributed by atoms with Crippen molar-refractivity contribution in [2.75, 3.05) is 19.8 Å². The average molecular weight is 1960 g/mol. The quantitative estimate of drug-likeness (QED) is 0.0182. The van der Waals surface area contributed by atoms with Gasteiger partial charge in [0, 0.05) is 13.8 Å². The largest absolute Gasteiger partial charge is 0.463 e.